The molecule has 0 aromatic carbocycles. The van der Waals surface area contributed by atoms with Gasteiger partial charge >= 0.3 is 0 Å². The molecule has 7 nitrogen and oxygen atoms in total. The lowest BCUT2D eigenvalue weighted by Crippen LogP contribution is -2.19. The summed E-state index contributed by atoms with van der Waals surface area (Å²) in [5.41, 5.74) is 6.11. The highest BCUT2D eigenvalue weighted by molar-refractivity contribution is 7.85. The first-order chi connectivity index (χ1) is 6.81. The Balaban J connectivity index is 2.87. The van der Waals surface area contributed by atoms with Crippen molar-refractivity contribution < 1.29 is 13.0 Å². The van der Waals surface area contributed by atoms with Crippen LogP contribution in [0.3, 0.4) is 0 Å². The zero-order chi connectivity index (χ0) is 11.6. The van der Waals surface area contributed by atoms with Gasteiger partial charge in [-0.1, -0.05) is 0 Å². The van der Waals surface area contributed by atoms with Crippen molar-refractivity contribution in [1.29, 1.82) is 0 Å². The highest BCUT2D eigenvalue weighted by Crippen LogP contribution is 2.19. The number of nitrogen functional groups attached to an aromatic ring is 1. The number of hydrogen-bond donors (Lipinski definition) is 2. The van der Waals surface area contributed by atoms with Crippen LogP contribution in [0, 0.1) is 0 Å². The second kappa shape index (κ2) is 4.07. The van der Waals surface area contributed by atoms with Crippen molar-refractivity contribution in [2.24, 2.45) is 0 Å². The van der Waals surface area contributed by atoms with Crippen LogP contribution in [0.25, 0.3) is 0 Å². The third-order valence-electron chi connectivity index (χ3n) is 1.82. The van der Waals surface area contributed by atoms with Crippen LogP contribution in [0.2, 0.25) is 0 Å². The summed E-state index contributed by atoms with van der Waals surface area (Å²) in [5, 5.41) is 3.91. The minimum Gasteiger partial charge on any atom is -0.394 e. The highest BCUT2D eigenvalue weighted by atomic mass is 32.2. The van der Waals surface area contributed by atoms with E-state index >= 15 is 0 Å². The Hall–Kier alpha value is -1.28. The molecule has 0 spiro atoms. The molecule has 0 aliphatic rings. The number of rotatable bonds is 4. The van der Waals surface area contributed by atoms with Gasteiger partial charge in [-0.15, -0.1) is 0 Å². The number of aromatic nitrogens is 2. The van der Waals surface area contributed by atoms with Crippen LogP contribution in [-0.2, 0) is 16.7 Å². The van der Waals surface area contributed by atoms with Gasteiger partial charge in [-0.25, -0.2) is 4.68 Å². The maximum absolute atomic E-state index is 10.6. The van der Waals surface area contributed by atoms with E-state index in [0.29, 0.717) is 11.5 Å². The van der Waals surface area contributed by atoms with Crippen LogP contribution in [0.1, 0.15) is 0 Å². The fraction of sp³-hybridized carbons (Fsp3) is 0.571. The Morgan fingerprint density at radius 2 is 2.20 bits per heavy atom. The number of nitrogens with two attached hydrogens (primary N) is 1. The van der Waals surface area contributed by atoms with Crippen LogP contribution in [0.15, 0.2) is 6.20 Å². The van der Waals surface area contributed by atoms with Crippen molar-refractivity contribution >= 4 is 21.6 Å². The third-order valence-corrected chi connectivity index (χ3v) is 2.52. The largest absolute Gasteiger partial charge is 0.394 e. The predicted octanol–water partition coefficient (Wildman–Crippen LogP) is -0.581. The van der Waals surface area contributed by atoms with Gasteiger partial charge in [0, 0.05) is 14.1 Å². The summed E-state index contributed by atoms with van der Waals surface area (Å²) in [6.45, 7) is 0.0730. The van der Waals surface area contributed by atoms with E-state index in [1.807, 2.05) is 0 Å². The van der Waals surface area contributed by atoms with E-state index < -0.39 is 10.1 Å². The van der Waals surface area contributed by atoms with E-state index in [4.69, 9.17) is 10.3 Å². The average molecular weight is 234 g/mol. The van der Waals surface area contributed by atoms with Gasteiger partial charge in [0.25, 0.3) is 10.1 Å². The molecule has 3 N–H and O–H groups in total. The molecule has 1 heterocycles. The summed E-state index contributed by atoms with van der Waals surface area (Å²) in [4.78, 5) is 1.73. The molecule has 0 saturated carbocycles. The summed E-state index contributed by atoms with van der Waals surface area (Å²) < 4.78 is 31.2. The average Bonchev–Trinajstić information content (AvgIpc) is 2.42. The van der Waals surface area contributed by atoms with E-state index in [9.17, 15) is 8.42 Å². The Kier molecular flexibility index (Phi) is 3.20. The van der Waals surface area contributed by atoms with Crippen LogP contribution in [0.5, 0.6) is 0 Å². The molecule has 0 aliphatic carbocycles. The molecule has 0 radical (unpaired) electrons. The van der Waals surface area contributed by atoms with Crippen molar-refractivity contribution in [3.8, 4) is 0 Å². The van der Waals surface area contributed by atoms with Gasteiger partial charge in [0.1, 0.15) is 5.82 Å². The molecule has 8 heteroatoms. The molecule has 0 atom stereocenters. The lowest BCUT2D eigenvalue weighted by atomic mass is 10.5. The zero-order valence-electron chi connectivity index (χ0n) is 8.58. The van der Waals surface area contributed by atoms with Crippen molar-refractivity contribution in [1.82, 2.24) is 9.78 Å². The SMILES string of the molecule is CN(C)c1c(N)cnn1CCS(=O)(=O)O. The molecule has 0 amide bonds. The van der Waals surface area contributed by atoms with Crippen LogP contribution in [-0.4, -0.2) is 42.6 Å². The highest BCUT2D eigenvalue weighted by Gasteiger charge is 2.12. The molecule has 0 bridgehead atoms. The summed E-state index contributed by atoms with van der Waals surface area (Å²) in [7, 11) is -0.425. The van der Waals surface area contributed by atoms with E-state index in [0.717, 1.165) is 0 Å². The van der Waals surface area contributed by atoms with E-state index in [-0.39, 0.29) is 12.3 Å². The molecule has 0 saturated heterocycles. The normalized spacial score (nSPS) is 11.7. The summed E-state index contributed by atoms with van der Waals surface area (Å²) in [6.07, 6.45) is 1.44. The van der Waals surface area contributed by atoms with Gasteiger partial charge in [-0.05, 0) is 0 Å². The standard InChI is InChI=1S/C7H14N4O3S/c1-10(2)7-6(8)5-9-11(7)3-4-15(12,13)14/h5H,3-4,8H2,1-2H3,(H,12,13,14). The Morgan fingerprint density at radius 3 is 2.67 bits per heavy atom. The van der Waals surface area contributed by atoms with Crippen molar-refractivity contribution in [2.45, 2.75) is 6.54 Å². The van der Waals surface area contributed by atoms with Crippen molar-refractivity contribution in [2.75, 3.05) is 30.5 Å². The summed E-state index contributed by atoms with van der Waals surface area (Å²) >= 11 is 0. The van der Waals surface area contributed by atoms with Crippen LogP contribution >= 0.6 is 0 Å². The van der Waals surface area contributed by atoms with Gasteiger partial charge in [0.2, 0.25) is 0 Å². The Bertz CT molecular complexity index is 437. The number of aryl methyl sites for hydroxylation is 1. The molecule has 0 fully saturated rings. The topological polar surface area (TPSA) is 101 Å². The minimum atomic E-state index is -3.98. The number of hydrogen-bond acceptors (Lipinski definition) is 5. The van der Waals surface area contributed by atoms with Gasteiger partial charge in [-0.2, -0.15) is 13.5 Å². The van der Waals surface area contributed by atoms with E-state index in [2.05, 4.69) is 5.10 Å². The molecule has 1 rings (SSSR count). The van der Waals surface area contributed by atoms with Crippen LogP contribution < -0.4 is 10.6 Å². The van der Waals surface area contributed by atoms with Gasteiger partial charge in [0.05, 0.1) is 24.2 Å². The fourth-order valence-electron chi connectivity index (χ4n) is 1.25. The molecule has 1 aromatic heterocycles. The van der Waals surface area contributed by atoms with E-state index in [1.165, 1.54) is 10.9 Å². The lowest BCUT2D eigenvalue weighted by Gasteiger charge is -2.15. The predicted molar refractivity (Wildman–Crippen MR) is 57.4 cm³/mol. The van der Waals surface area contributed by atoms with E-state index in [1.54, 1.807) is 19.0 Å². The second-order valence-electron chi connectivity index (χ2n) is 3.33. The van der Waals surface area contributed by atoms with Gasteiger partial charge < -0.3 is 10.6 Å². The first-order valence-electron chi connectivity index (χ1n) is 4.25. The Morgan fingerprint density at radius 1 is 1.60 bits per heavy atom. The third kappa shape index (κ3) is 3.10. The fourth-order valence-corrected chi connectivity index (χ4v) is 1.65. The maximum atomic E-state index is 10.6. The summed E-state index contributed by atoms with van der Waals surface area (Å²) in [6, 6.07) is 0. The first kappa shape index (κ1) is 11.8. The summed E-state index contributed by atoms with van der Waals surface area (Å²) in [5.74, 6) is 0.244. The molecule has 1 aromatic rings. The van der Waals surface area contributed by atoms with Crippen LogP contribution in [0.4, 0.5) is 11.5 Å². The monoisotopic (exact) mass is 234 g/mol. The maximum Gasteiger partial charge on any atom is 0.266 e. The smallest absolute Gasteiger partial charge is 0.266 e. The zero-order valence-corrected chi connectivity index (χ0v) is 9.40. The molecule has 0 aliphatic heterocycles. The quantitative estimate of drug-likeness (QED) is 0.676. The molecule has 0 unspecified atom stereocenters. The van der Waals surface area contributed by atoms with Crippen molar-refractivity contribution in [3.05, 3.63) is 6.20 Å². The van der Waals surface area contributed by atoms with Gasteiger partial charge in [-0.3, -0.25) is 4.55 Å². The lowest BCUT2D eigenvalue weighted by molar-refractivity contribution is 0.475. The molecular formula is C7H14N4O3S. The Labute approximate surface area is 88.2 Å². The second-order valence-corrected chi connectivity index (χ2v) is 4.90. The van der Waals surface area contributed by atoms with Crippen molar-refractivity contribution in [3.63, 3.8) is 0 Å². The molecule has 86 valence electrons. The number of nitrogens with zero attached hydrogens (tertiary/aromatic N) is 3. The number of anilines is 2. The minimum absolute atomic E-state index is 0.0730. The first-order valence-corrected chi connectivity index (χ1v) is 5.86. The molecular weight excluding hydrogens is 220 g/mol. The van der Waals surface area contributed by atoms with Gasteiger partial charge in [0.15, 0.2) is 0 Å². The molecule has 15 heavy (non-hydrogen) atoms.